The highest BCUT2D eigenvalue weighted by atomic mass is 35.5. The van der Waals surface area contributed by atoms with Gasteiger partial charge in [0, 0.05) is 13.1 Å². The van der Waals surface area contributed by atoms with Gasteiger partial charge in [0.05, 0.1) is 22.7 Å². The quantitative estimate of drug-likeness (QED) is 0.729. The minimum atomic E-state index is -4.66. The molecule has 11 heteroatoms. The normalized spacial score (nSPS) is 29.7. The van der Waals surface area contributed by atoms with Crippen LogP contribution in [0, 0.1) is 11.8 Å². The first kappa shape index (κ1) is 21.2. The van der Waals surface area contributed by atoms with Gasteiger partial charge in [-0.15, -0.1) is 0 Å². The van der Waals surface area contributed by atoms with Crippen LogP contribution in [-0.2, 0) is 11.0 Å². The van der Waals surface area contributed by atoms with Crippen LogP contribution >= 0.6 is 11.6 Å². The van der Waals surface area contributed by atoms with Crippen molar-refractivity contribution in [3.63, 3.8) is 0 Å². The van der Waals surface area contributed by atoms with Crippen molar-refractivity contribution in [3.05, 3.63) is 34.1 Å². The first-order chi connectivity index (χ1) is 15.6. The standard InChI is InChI=1S/C22H22ClF3N4O3/c23-18-14-6-11(10-1-2-10)8-16(22(24,25)26)30(14)27-19(18)21(33)28-3-4-29(17(31)9-28)15-7-12-5-13(12)20(15)32/h6,8,10,12-13,15,20,32H,1-5,7,9H2/t12-,13+,15-,20?/m1/s1. The van der Waals surface area contributed by atoms with Crippen LogP contribution in [0.2, 0.25) is 5.02 Å². The molecule has 4 atom stereocenters. The predicted molar refractivity (Wildman–Crippen MR) is 111 cm³/mol. The molecule has 1 N–H and O–H groups in total. The Labute approximate surface area is 192 Å². The molecule has 0 spiro atoms. The molecule has 2 aromatic rings. The average molecular weight is 483 g/mol. The van der Waals surface area contributed by atoms with E-state index in [1.807, 2.05) is 0 Å². The number of halogens is 4. The Hall–Kier alpha value is -2.33. The summed E-state index contributed by atoms with van der Waals surface area (Å²) in [5.41, 5.74) is -0.696. The minimum Gasteiger partial charge on any atom is -0.391 e. The third kappa shape index (κ3) is 3.41. The summed E-state index contributed by atoms with van der Waals surface area (Å²) in [7, 11) is 0. The van der Waals surface area contributed by atoms with E-state index in [4.69, 9.17) is 11.6 Å². The molecular formula is C22H22ClF3N4O3. The highest BCUT2D eigenvalue weighted by Gasteiger charge is 2.55. The average Bonchev–Trinajstić information content (AvgIpc) is 3.68. The molecule has 7 nitrogen and oxygen atoms in total. The first-order valence-electron chi connectivity index (χ1n) is 11.2. The summed E-state index contributed by atoms with van der Waals surface area (Å²) in [4.78, 5) is 28.8. The van der Waals surface area contributed by atoms with Gasteiger partial charge in [-0.3, -0.25) is 9.59 Å². The van der Waals surface area contributed by atoms with E-state index in [0.29, 0.717) is 16.0 Å². The number of rotatable bonds is 3. The molecule has 4 fully saturated rings. The molecule has 1 aliphatic heterocycles. The van der Waals surface area contributed by atoms with Crippen molar-refractivity contribution in [2.24, 2.45) is 11.8 Å². The predicted octanol–water partition coefficient (Wildman–Crippen LogP) is 2.94. The summed E-state index contributed by atoms with van der Waals surface area (Å²) in [5.74, 6) is -0.163. The number of aliphatic hydroxyl groups is 1. The summed E-state index contributed by atoms with van der Waals surface area (Å²) < 4.78 is 41.8. The number of fused-ring (bicyclic) bond motifs is 2. The highest BCUT2D eigenvalue weighted by molar-refractivity contribution is 6.36. The summed E-state index contributed by atoms with van der Waals surface area (Å²) in [6.07, 6.45) is -1.80. The van der Waals surface area contributed by atoms with Crippen LogP contribution in [0.15, 0.2) is 12.1 Å². The van der Waals surface area contributed by atoms with E-state index in [1.54, 1.807) is 11.0 Å². The van der Waals surface area contributed by atoms with Gasteiger partial charge in [-0.25, -0.2) is 4.52 Å². The van der Waals surface area contributed by atoms with Crippen LogP contribution in [0.5, 0.6) is 0 Å². The van der Waals surface area contributed by atoms with Crippen molar-refractivity contribution < 1.29 is 27.9 Å². The van der Waals surface area contributed by atoms with Crippen LogP contribution in [0.4, 0.5) is 13.2 Å². The van der Waals surface area contributed by atoms with Crippen molar-refractivity contribution in [2.75, 3.05) is 19.6 Å². The highest BCUT2D eigenvalue weighted by Crippen LogP contribution is 2.53. The topological polar surface area (TPSA) is 78.2 Å². The van der Waals surface area contributed by atoms with Crippen molar-refractivity contribution in [1.29, 1.82) is 0 Å². The number of hydrogen-bond donors (Lipinski definition) is 1. The number of piperazine rings is 1. The summed E-state index contributed by atoms with van der Waals surface area (Å²) in [6.45, 7) is 0.240. The molecule has 4 aliphatic rings. The van der Waals surface area contributed by atoms with Crippen LogP contribution < -0.4 is 0 Å². The monoisotopic (exact) mass is 482 g/mol. The maximum absolute atomic E-state index is 13.7. The van der Waals surface area contributed by atoms with E-state index >= 15 is 0 Å². The smallest absolute Gasteiger partial charge is 0.391 e. The number of alkyl halides is 3. The second-order valence-corrected chi connectivity index (χ2v) is 10.1. The number of aliphatic hydroxyl groups excluding tert-OH is 1. The van der Waals surface area contributed by atoms with Crippen molar-refractivity contribution >= 4 is 28.9 Å². The lowest BCUT2D eigenvalue weighted by molar-refractivity contribution is -0.142. The first-order valence-corrected chi connectivity index (χ1v) is 11.6. The maximum atomic E-state index is 13.7. The second kappa shape index (κ2) is 7.09. The zero-order valence-electron chi connectivity index (χ0n) is 17.6. The Morgan fingerprint density at radius 1 is 1.18 bits per heavy atom. The van der Waals surface area contributed by atoms with Crippen LogP contribution in [0.1, 0.15) is 53.3 Å². The summed E-state index contributed by atoms with van der Waals surface area (Å²) >= 11 is 6.37. The zero-order chi connectivity index (χ0) is 23.2. The fraction of sp³-hybridized carbons (Fsp3) is 0.591. The number of carbonyl (C=O) groups is 2. The number of nitrogens with zero attached hydrogens (tertiary/aromatic N) is 4. The van der Waals surface area contributed by atoms with E-state index in [9.17, 15) is 27.9 Å². The van der Waals surface area contributed by atoms with Crippen LogP contribution in [0.3, 0.4) is 0 Å². The largest absolute Gasteiger partial charge is 0.433 e. The Morgan fingerprint density at radius 2 is 1.94 bits per heavy atom. The van der Waals surface area contributed by atoms with Gasteiger partial charge in [-0.05, 0) is 61.1 Å². The van der Waals surface area contributed by atoms with Gasteiger partial charge in [0.1, 0.15) is 12.2 Å². The Kier molecular flexibility index (Phi) is 4.56. The molecule has 0 radical (unpaired) electrons. The van der Waals surface area contributed by atoms with Gasteiger partial charge in [0.25, 0.3) is 5.91 Å². The number of hydrogen-bond acceptors (Lipinski definition) is 4. The Morgan fingerprint density at radius 3 is 2.55 bits per heavy atom. The summed E-state index contributed by atoms with van der Waals surface area (Å²) in [6, 6.07) is 2.41. The maximum Gasteiger partial charge on any atom is 0.433 e. The van der Waals surface area contributed by atoms with Gasteiger partial charge in [0.2, 0.25) is 5.91 Å². The van der Waals surface area contributed by atoms with E-state index in [0.717, 1.165) is 31.7 Å². The molecule has 176 valence electrons. The van der Waals surface area contributed by atoms with E-state index in [2.05, 4.69) is 5.10 Å². The van der Waals surface area contributed by atoms with Gasteiger partial charge < -0.3 is 14.9 Å². The molecule has 6 rings (SSSR count). The molecule has 3 saturated carbocycles. The van der Waals surface area contributed by atoms with Crippen molar-refractivity contribution in [2.45, 2.75) is 49.9 Å². The molecule has 1 unspecified atom stereocenters. The van der Waals surface area contributed by atoms with Gasteiger partial charge in [-0.2, -0.15) is 18.3 Å². The van der Waals surface area contributed by atoms with Gasteiger partial charge in [0.15, 0.2) is 5.69 Å². The molecule has 2 amide bonds. The zero-order valence-corrected chi connectivity index (χ0v) is 18.3. The van der Waals surface area contributed by atoms with E-state index in [1.165, 1.54) is 4.90 Å². The lowest BCUT2D eigenvalue weighted by Crippen LogP contribution is -2.57. The number of pyridine rings is 1. The lowest BCUT2D eigenvalue weighted by Gasteiger charge is -2.39. The minimum absolute atomic E-state index is 0.0370. The lowest BCUT2D eigenvalue weighted by atomic mass is 10.1. The Bertz CT molecular complexity index is 1180. The molecule has 3 aliphatic carbocycles. The van der Waals surface area contributed by atoms with Gasteiger partial charge >= 0.3 is 6.18 Å². The second-order valence-electron chi connectivity index (χ2n) is 9.67. The summed E-state index contributed by atoms with van der Waals surface area (Å²) in [5, 5.41) is 14.2. The van der Waals surface area contributed by atoms with Crippen molar-refractivity contribution in [3.8, 4) is 0 Å². The Balaban J connectivity index is 1.27. The molecule has 2 aromatic heterocycles. The van der Waals surface area contributed by atoms with Gasteiger partial charge in [-0.1, -0.05) is 11.6 Å². The molecular weight excluding hydrogens is 461 g/mol. The van der Waals surface area contributed by atoms with Crippen molar-refractivity contribution in [1.82, 2.24) is 19.4 Å². The van der Waals surface area contributed by atoms with Crippen LogP contribution in [-0.4, -0.2) is 68.1 Å². The molecule has 0 aromatic carbocycles. The van der Waals surface area contributed by atoms with Crippen LogP contribution in [0.25, 0.3) is 5.52 Å². The fourth-order valence-electron chi connectivity index (χ4n) is 5.50. The fourth-order valence-corrected chi connectivity index (χ4v) is 5.75. The number of amides is 2. The number of aromatic nitrogens is 2. The third-order valence-corrected chi connectivity index (χ3v) is 7.91. The molecule has 33 heavy (non-hydrogen) atoms. The van der Waals surface area contributed by atoms with E-state index < -0.39 is 23.9 Å². The third-order valence-electron chi connectivity index (χ3n) is 7.54. The molecule has 3 heterocycles. The molecule has 1 saturated heterocycles. The van der Waals surface area contributed by atoms with E-state index in [-0.39, 0.29) is 59.7 Å². The number of carbonyl (C=O) groups excluding carboxylic acids is 2. The molecule has 0 bridgehead atoms. The SMILES string of the molecule is O=C(c1nn2c(C(F)(F)F)cc(C3CC3)cc2c1Cl)N1CCN([C@@H]2C[C@H]3C[C@@H]3C2O)C(=O)C1.